The maximum absolute atomic E-state index is 12.0. The molecular formula is C17H16N4OS. The molecule has 23 heavy (non-hydrogen) atoms. The number of nitrogens with zero attached hydrogens (tertiary/aromatic N) is 3. The molecule has 0 aliphatic rings. The highest BCUT2D eigenvalue weighted by atomic mass is 32.2. The molecule has 0 bridgehead atoms. The number of thioether (sulfide) groups is 1. The van der Waals surface area contributed by atoms with E-state index < -0.39 is 0 Å². The number of rotatable bonds is 5. The van der Waals surface area contributed by atoms with Crippen molar-refractivity contribution < 1.29 is 4.79 Å². The number of nitrogens with one attached hydrogen (secondary N) is 1. The van der Waals surface area contributed by atoms with Gasteiger partial charge >= 0.3 is 0 Å². The molecule has 0 fully saturated rings. The van der Waals surface area contributed by atoms with E-state index in [4.69, 9.17) is 0 Å². The van der Waals surface area contributed by atoms with E-state index in [0.29, 0.717) is 5.16 Å². The molecule has 0 unspecified atom stereocenters. The minimum Gasteiger partial charge on any atom is -0.325 e. The summed E-state index contributed by atoms with van der Waals surface area (Å²) >= 11 is 1.31. The maximum Gasteiger partial charge on any atom is 0.234 e. The van der Waals surface area contributed by atoms with Crippen molar-refractivity contribution >= 4 is 23.4 Å². The van der Waals surface area contributed by atoms with Crippen LogP contribution in [0.5, 0.6) is 0 Å². The fourth-order valence-corrected chi connectivity index (χ4v) is 2.65. The van der Waals surface area contributed by atoms with Crippen LogP contribution in [0.1, 0.15) is 5.56 Å². The Labute approximate surface area is 138 Å². The topological polar surface area (TPSA) is 59.8 Å². The lowest BCUT2D eigenvalue weighted by molar-refractivity contribution is -0.113. The molecule has 1 aromatic heterocycles. The van der Waals surface area contributed by atoms with Gasteiger partial charge in [0.2, 0.25) is 11.1 Å². The lowest BCUT2D eigenvalue weighted by atomic mass is 10.2. The first kappa shape index (κ1) is 15.3. The van der Waals surface area contributed by atoms with E-state index >= 15 is 0 Å². The number of carbonyl (C=O) groups excluding carboxylic acids is 1. The van der Waals surface area contributed by atoms with Crippen LogP contribution in [0.25, 0.3) is 5.69 Å². The Hall–Kier alpha value is -2.60. The molecule has 6 heteroatoms. The number of aryl methyl sites for hydroxylation is 1. The average molecular weight is 324 g/mol. The van der Waals surface area contributed by atoms with Crippen molar-refractivity contribution in [3.8, 4) is 5.69 Å². The van der Waals surface area contributed by atoms with Crippen molar-refractivity contribution in [3.63, 3.8) is 0 Å². The third kappa shape index (κ3) is 3.98. The van der Waals surface area contributed by atoms with Crippen molar-refractivity contribution in [1.82, 2.24) is 14.8 Å². The molecule has 0 saturated heterocycles. The fraction of sp³-hybridized carbons (Fsp3) is 0.118. The van der Waals surface area contributed by atoms with Gasteiger partial charge in [0.1, 0.15) is 6.33 Å². The molecule has 1 N–H and O–H groups in total. The largest absolute Gasteiger partial charge is 0.325 e. The van der Waals surface area contributed by atoms with Crippen LogP contribution in [0.4, 0.5) is 5.69 Å². The predicted octanol–water partition coefficient (Wildman–Crippen LogP) is 3.31. The molecule has 0 spiro atoms. The summed E-state index contributed by atoms with van der Waals surface area (Å²) in [5.41, 5.74) is 2.81. The zero-order valence-corrected chi connectivity index (χ0v) is 13.5. The van der Waals surface area contributed by atoms with Crippen LogP contribution >= 0.6 is 11.8 Å². The Morgan fingerprint density at radius 1 is 1.13 bits per heavy atom. The standard InChI is InChI=1S/C17H16N4OS/c1-13-7-5-6-10-15(13)19-16(22)11-23-17-18-12-21(20-17)14-8-3-2-4-9-14/h2-10,12H,11H2,1H3,(H,19,22). The van der Waals surface area contributed by atoms with E-state index in [2.05, 4.69) is 15.4 Å². The van der Waals surface area contributed by atoms with E-state index in [1.807, 2.05) is 61.5 Å². The Kier molecular flexibility index (Phi) is 4.73. The summed E-state index contributed by atoms with van der Waals surface area (Å²) in [6, 6.07) is 17.4. The SMILES string of the molecule is Cc1ccccc1NC(=O)CSc1ncn(-c2ccccc2)n1. The summed E-state index contributed by atoms with van der Waals surface area (Å²) in [4.78, 5) is 16.2. The third-order valence-corrected chi connectivity index (χ3v) is 4.09. The van der Waals surface area contributed by atoms with Crippen molar-refractivity contribution in [2.75, 3.05) is 11.1 Å². The highest BCUT2D eigenvalue weighted by molar-refractivity contribution is 7.99. The second-order valence-corrected chi connectivity index (χ2v) is 5.90. The minimum absolute atomic E-state index is 0.0691. The van der Waals surface area contributed by atoms with Gasteiger partial charge in [-0.1, -0.05) is 48.2 Å². The van der Waals surface area contributed by atoms with Crippen LogP contribution in [-0.4, -0.2) is 26.4 Å². The molecule has 0 saturated carbocycles. The number of anilines is 1. The number of hydrogen-bond acceptors (Lipinski definition) is 4. The fourth-order valence-electron chi connectivity index (χ4n) is 2.05. The van der Waals surface area contributed by atoms with Gasteiger partial charge in [-0.15, -0.1) is 5.10 Å². The van der Waals surface area contributed by atoms with Crippen LogP contribution in [0.3, 0.4) is 0 Å². The lowest BCUT2D eigenvalue weighted by Gasteiger charge is -2.06. The van der Waals surface area contributed by atoms with Crippen molar-refractivity contribution in [1.29, 1.82) is 0 Å². The lowest BCUT2D eigenvalue weighted by Crippen LogP contribution is -2.14. The third-order valence-electron chi connectivity index (χ3n) is 3.24. The van der Waals surface area contributed by atoms with E-state index in [0.717, 1.165) is 16.9 Å². The molecule has 0 radical (unpaired) electrons. The molecule has 5 nitrogen and oxygen atoms in total. The molecule has 0 aliphatic heterocycles. The predicted molar refractivity (Wildman–Crippen MR) is 91.9 cm³/mol. The van der Waals surface area contributed by atoms with E-state index in [1.165, 1.54) is 11.8 Å². The smallest absolute Gasteiger partial charge is 0.234 e. The van der Waals surface area contributed by atoms with Crippen molar-refractivity contribution in [2.45, 2.75) is 12.1 Å². The van der Waals surface area contributed by atoms with Gasteiger partial charge in [0.25, 0.3) is 0 Å². The average Bonchev–Trinajstić information content (AvgIpc) is 3.05. The normalized spacial score (nSPS) is 10.5. The second kappa shape index (κ2) is 7.11. The summed E-state index contributed by atoms with van der Waals surface area (Å²) in [6.45, 7) is 1.96. The summed E-state index contributed by atoms with van der Waals surface area (Å²) in [7, 11) is 0. The van der Waals surface area contributed by atoms with Gasteiger partial charge in [-0.2, -0.15) is 0 Å². The summed E-state index contributed by atoms with van der Waals surface area (Å²) in [5.74, 6) is 0.202. The number of benzene rings is 2. The number of amides is 1. The van der Waals surface area contributed by atoms with Gasteiger partial charge in [-0.25, -0.2) is 9.67 Å². The minimum atomic E-state index is -0.0691. The Balaban J connectivity index is 1.58. The van der Waals surface area contributed by atoms with E-state index in [-0.39, 0.29) is 11.7 Å². The Morgan fingerprint density at radius 3 is 2.65 bits per heavy atom. The first-order chi connectivity index (χ1) is 11.2. The monoisotopic (exact) mass is 324 g/mol. The highest BCUT2D eigenvalue weighted by Gasteiger charge is 2.08. The van der Waals surface area contributed by atoms with Crippen LogP contribution in [0.15, 0.2) is 66.1 Å². The molecular weight excluding hydrogens is 308 g/mol. The number of hydrogen-bond donors (Lipinski definition) is 1. The highest BCUT2D eigenvalue weighted by Crippen LogP contribution is 2.17. The van der Waals surface area contributed by atoms with Gasteiger partial charge < -0.3 is 5.32 Å². The van der Waals surface area contributed by atoms with Crippen LogP contribution in [0, 0.1) is 6.92 Å². The number of para-hydroxylation sites is 2. The number of carbonyl (C=O) groups is 1. The second-order valence-electron chi connectivity index (χ2n) is 4.96. The molecule has 1 amide bonds. The molecule has 0 atom stereocenters. The molecule has 116 valence electrons. The zero-order valence-electron chi connectivity index (χ0n) is 12.6. The van der Waals surface area contributed by atoms with Crippen LogP contribution in [-0.2, 0) is 4.79 Å². The van der Waals surface area contributed by atoms with Gasteiger partial charge in [0, 0.05) is 5.69 Å². The summed E-state index contributed by atoms with van der Waals surface area (Å²) in [5, 5.41) is 7.84. The molecule has 2 aromatic carbocycles. The molecule has 0 aliphatic carbocycles. The molecule has 3 rings (SSSR count). The summed E-state index contributed by atoms with van der Waals surface area (Å²) < 4.78 is 1.70. The van der Waals surface area contributed by atoms with E-state index in [9.17, 15) is 4.79 Å². The first-order valence-electron chi connectivity index (χ1n) is 7.18. The summed E-state index contributed by atoms with van der Waals surface area (Å²) in [6.07, 6.45) is 1.65. The Bertz CT molecular complexity index is 801. The van der Waals surface area contributed by atoms with Crippen molar-refractivity contribution in [3.05, 3.63) is 66.5 Å². The molecule has 3 aromatic rings. The quantitative estimate of drug-likeness (QED) is 0.732. The molecule has 1 heterocycles. The van der Waals surface area contributed by atoms with Gasteiger partial charge in [-0.05, 0) is 30.7 Å². The Morgan fingerprint density at radius 2 is 1.87 bits per heavy atom. The zero-order chi connectivity index (χ0) is 16.1. The van der Waals surface area contributed by atoms with Crippen LogP contribution < -0.4 is 5.32 Å². The van der Waals surface area contributed by atoms with Gasteiger partial charge in [0.15, 0.2) is 0 Å². The van der Waals surface area contributed by atoms with E-state index in [1.54, 1.807) is 11.0 Å². The van der Waals surface area contributed by atoms with Crippen molar-refractivity contribution in [2.24, 2.45) is 0 Å². The maximum atomic E-state index is 12.0. The van der Waals surface area contributed by atoms with Gasteiger partial charge in [0.05, 0.1) is 11.4 Å². The van der Waals surface area contributed by atoms with Gasteiger partial charge in [-0.3, -0.25) is 4.79 Å². The van der Waals surface area contributed by atoms with Crippen LogP contribution in [0.2, 0.25) is 0 Å². The number of aromatic nitrogens is 3. The first-order valence-corrected chi connectivity index (χ1v) is 8.16.